The summed E-state index contributed by atoms with van der Waals surface area (Å²) in [4.78, 5) is 4.96. The van der Waals surface area contributed by atoms with Gasteiger partial charge in [0.15, 0.2) is 5.96 Å². The van der Waals surface area contributed by atoms with Crippen LogP contribution in [0.1, 0.15) is 51.5 Å². The molecule has 1 aromatic carbocycles. The van der Waals surface area contributed by atoms with Gasteiger partial charge in [0, 0.05) is 26.2 Å². The van der Waals surface area contributed by atoms with E-state index >= 15 is 0 Å². The maximum Gasteiger partial charge on any atom is 0.243 e. The molecule has 0 atom stereocenters. The second kappa shape index (κ2) is 12.6. The normalized spacial score (nSPS) is 15.4. The number of nitrogens with zero attached hydrogens (tertiary/aromatic N) is 2. The third-order valence-corrected chi connectivity index (χ3v) is 6.38. The smallest absolute Gasteiger partial charge is 0.243 e. The summed E-state index contributed by atoms with van der Waals surface area (Å²) in [5.41, 5.74) is 0.996. The first-order chi connectivity index (χ1) is 12.6. The molecule has 0 aliphatic carbocycles. The Morgan fingerprint density at radius 2 is 1.74 bits per heavy atom. The van der Waals surface area contributed by atoms with E-state index < -0.39 is 10.0 Å². The molecule has 6 nitrogen and oxygen atoms in total. The Bertz CT molecular complexity index is 671. The van der Waals surface area contributed by atoms with E-state index in [0.29, 0.717) is 24.5 Å². The van der Waals surface area contributed by atoms with Crippen molar-refractivity contribution in [3.63, 3.8) is 0 Å². The third kappa shape index (κ3) is 7.57. The SMILES string of the molecule is CCCCCNC(=NCc1ccc(S(=O)(=O)N2CCCC2)cc1)NCC.I. The van der Waals surface area contributed by atoms with Crippen LogP contribution >= 0.6 is 24.0 Å². The molecule has 1 fully saturated rings. The first-order valence-corrected chi connectivity index (χ1v) is 11.1. The average Bonchev–Trinajstić information content (AvgIpc) is 3.19. The highest BCUT2D eigenvalue weighted by atomic mass is 127. The Morgan fingerprint density at radius 3 is 2.33 bits per heavy atom. The molecule has 2 N–H and O–H groups in total. The van der Waals surface area contributed by atoms with Crippen molar-refractivity contribution in [1.29, 1.82) is 0 Å². The molecule has 1 aliphatic rings. The van der Waals surface area contributed by atoms with E-state index in [4.69, 9.17) is 0 Å². The predicted octanol–water partition coefficient (Wildman–Crippen LogP) is 3.33. The van der Waals surface area contributed by atoms with Crippen molar-refractivity contribution in [3.8, 4) is 0 Å². The van der Waals surface area contributed by atoms with Gasteiger partial charge in [-0.2, -0.15) is 4.31 Å². The molecule has 0 bridgehead atoms. The molecule has 0 radical (unpaired) electrons. The summed E-state index contributed by atoms with van der Waals surface area (Å²) < 4.78 is 26.7. The minimum Gasteiger partial charge on any atom is -0.357 e. The topological polar surface area (TPSA) is 73.8 Å². The molecule has 1 aliphatic heterocycles. The number of rotatable bonds is 9. The molecule has 1 saturated heterocycles. The Balaban J connectivity index is 0.00000364. The number of guanidine groups is 1. The van der Waals surface area contributed by atoms with Gasteiger partial charge in [-0.05, 0) is 43.9 Å². The largest absolute Gasteiger partial charge is 0.357 e. The van der Waals surface area contributed by atoms with Crippen LogP contribution in [0.2, 0.25) is 0 Å². The van der Waals surface area contributed by atoms with Crippen molar-refractivity contribution in [2.24, 2.45) is 4.99 Å². The van der Waals surface area contributed by atoms with Crippen LogP contribution in [0.4, 0.5) is 0 Å². The first kappa shape index (κ1) is 24.2. The Morgan fingerprint density at radius 1 is 1.07 bits per heavy atom. The second-order valence-corrected chi connectivity index (χ2v) is 8.52. The average molecular weight is 508 g/mol. The third-order valence-electron chi connectivity index (χ3n) is 4.46. The fraction of sp³-hybridized carbons (Fsp3) is 0.632. The second-order valence-electron chi connectivity index (χ2n) is 6.58. The number of hydrogen-bond donors (Lipinski definition) is 2. The van der Waals surface area contributed by atoms with Crippen molar-refractivity contribution in [3.05, 3.63) is 29.8 Å². The molecule has 0 spiro atoms. The molecule has 0 saturated carbocycles. The van der Waals surface area contributed by atoms with Crippen LogP contribution in [0, 0.1) is 0 Å². The quantitative estimate of drug-likeness (QED) is 0.232. The van der Waals surface area contributed by atoms with Crippen LogP contribution in [0.25, 0.3) is 0 Å². The summed E-state index contributed by atoms with van der Waals surface area (Å²) >= 11 is 0. The van der Waals surface area contributed by atoms with Crippen LogP contribution < -0.4 is 10.6 Å². The summed E-state index contributed by atoms with van der Waals surface area (Å²) in [6.07, 6.45) is 5.43. The van der Waals surface area contributed by atoms with E-state index in [2.05, 4.69) is 22.5 Å². The van der Waals surface area contributed by atoms with E-state index in [1.54, 1.807) is 16.4 Å². The number of benzene rings is 1. The lowest BCUT2D eigenvalue weighted by molar-refractivity contribution is 0.477. The molecule has 27 heavy (non-hydrogen) atoms. The van der Waals surface area contributed by atoms with Gasteiger partial charge < -0.3 is 10.6 Å². The van der Waals surface area contributed by atoms with E-state index in [-0.39, 0.29) is 24.0 Å². The van der Waals surface area contributed by atoms with Crippen molar-refractivity contribution in [1.82, 2.24) is 14.9 Å². The van der Waals surface area contributed by atoms with Gasteiger partial charge in [-0.15, -0.1) is 24.0 Å². The van der Waals surface area contributed by atoms with Gasteiger partial charge in [0.25, 0.3) is 0 Å². The monoisotopic (exact) mass is 508 g/mol. The minimum atomic E-state index is -3.34. The number of unbranched alkanes of at least 4 members (excludes halogenated alkanes) is 2. The van der Waals surface area contributed by atoms with Crippen LogP contribution in [0.15, 0.2) is 34.2 Å². The molecule has 0 unspecified atom stereocenters. The molecule has 2 rings (SSSR count). The van der Waals surface area contributed by atoms with E-state index in [9.17, 15) is 8.42 Å². The summed E-state index contributed by atoms with van der Waals surface area (Å²) in [5.74, 6) is 0.803. The summed E-state index contributed by atoms with van der Waals surface area (Å²) in [5, 5.41) is 6.57. The molecule has 1 heterocycles. The highest BCUT2D eigenvalue weighted by molar-refractivity contribution is 14.0. The van der Waals surface area contributed by atoms with Crippen LogP contribution in [0.3, 0.4) is 0 Å². The fourth-order valence-electron chi connectivity index (χ4n) is 2.94. The van der Waals surface area contributed by atoms with Crippen molar-refractivity contribution < 1.29 is 8.42 Å². The minimum absolute atomic E-state index is 0. The van der Waals surface area contributed by atoms with E-state index in [1.165, 1.54) is 12.8 Å². The number of halogens is 1. The van der Waals surface area contributed by atoms with Crippen molar-refractivity contribution in [2.75, 3.05) is 26.2 Å². The Kier molecular flexibility index (Phi) is 11.2. The Hall–Kier alpha value is -0.870. The molecule has 0 aromatic heterocycles. The Labute approximate surface area is 181 Å². The maximum absolute atomic E-state index is 12.5. The summed E-state index contributed by atoms with van der Waals surface area (Å²) in [6, 6.07) is 7.10. The zero-order valence-corrected chi connectivity index (χ0v) is 19.6. The highest BCUT2D eigenvalue weighted by Gasteiger charge is 2.26. The number of nitrogens with one attached hydrogen (secondary N) is 2. The van der Waals surface area contributed by atoms with E-state index in [1.807, 2.05) is 19.1 Å². The lowest BCUT2D eigenvalue weighted by Crippen LogP contribution is -2.37. The van der Waals surface area contributed by atoms with Gasteiger partial charge in [-0.25, -0.2) is 13.4 Å². The maximum atomic E-state index is 12.5. The zero-order chi connectivity index (χ0) is 18.8. The first-order valence-electron chi connectivity index (χ1n) is 9.69. The molecule has 1 aromatic rings. The number of aliphatic imine (C=N–C) groups is 1. The van der Waals surface area contributed by atoms with Gasteiger partial charge in [-0.3, -0.25) is 0 Å². The summed E-state index contributed by atoms with van der Waals surface area (Å²) in [6.45, 7) is 7.73. The van der Waals surface area contributed by atoms with Gasteiger partial charge >= 0.3 is 0 Å². The molecule has 8 heteroatoms. The number of hydrogen-bond acceptors (Lipinski definition) is 3. The van der Waals surface area contributed by atoms with Crippen LogP contribution in [0.5, 0.6) is 0 Å². The molecular formula is C19H33IN4O2S. The lowest BCUT2D eigenvalue weighted by Gasteiger charge is -2.15. The van der Waals surface area contributed by atoms with Crippen molar-refractivity contribution >= 4 is 40.0 Å². The van der Waals surface area contributed by atoms with Crippen LogP contribution in [-0.2, 0) is 16.6 Å². The standard InChI is InChI=1S/C19H32N4O2S.HI/c1-3-5-6-13-21-19(20-4-2)22-16-17-9-11-18(12-10-17)26(24,25)23-14-7-8-15-23;/h9-12H,3-8,13-16H2,1-2H3,(H2,20,21,22);1H. The van der Waals surface area contributed by atoms with Gasteiger partial charge in [0.2, 0.25) is 10.0 Å². The van der Waals surface area contributed by atoms with Crippen molar-refractivity contribution in [2.45, 2.75) is 57.4 Å². The molecular weight excluding hydrogens is 475 g/mol. The van der Waals surface area contributed by atoms with E-state index in [0.717, 1.165) is 43.9 Å². The molecule has 154 valence electrons. The molecule has 0 amide bonds. The number of sulfonamides is 1. The predicted molar refractivity (Wildman–Crippen MR) is 122 cm³/mol. The fourth-order valence-corrected chi connectivity index (χ4v) is 4.46. The van der Waals surface area contributed by atoms with Gasteiger partial charge in [0.1, 0.15) is 0 Å². The summed E-state index contributed by atoms with van der Waals surface area (Å²) in [7, 11) is -3.34. The van der Waals surface area contributed by atoms with Crippen LogP contribution in [-0.4, -0.2) is 44.9 Å². The zero-order valence-electron chi connectivity index (χ0n) is 16.4. The van der Waals surface area contributed by atoms with Gasteiger partial charge in [0.05, 0.1) is 11.4 Å². The van der Waals surface area contributed by atoms with Gasteiger partial charge in [-0.1, -0.05) is 31.9 Å². The lowest BCUT2D eigenvalue weighted by atomic mass is 10.2. The highest BCUT2D eigenvalue weighted by Crippen LogP contribution is 2.21.